The third-order valence-corrected chi connectivity index (χ3v) is 4.25. The van der Waals surface area contributed by atoms with Gasteiger partial charge in [0.1, 0.15) is 0 Å². The summed E-state index contributed by atoms with van der Waals surface area (Å²) in [6.45, 7) is 7.02. The first-order valence-corrected chi connectivity index (χ1v) is 7.68. The van der Waals surface area contributed by atoms with Crippen LogP contribution >= 0.6 is 35.6 Å². The molecule has 0 aliphatic carbocycles. The van der Waals surface area contributed by atoms with Crippen molar-refractivity contribution in [3.05, 3.63) is 34.9 Å². The molecule has 1 aliphatic heterocycles. The minimum Gasteiger partial charge on any atom is -0.370 e. The number of nitrogens with zero attached hydrogens (tertiary/aromatic N) is 2. The Labute approximate surface area is 150 Å². The number of guanidine groups is 1. The maximum atomic E-state index is 6.28. The van der Waals surface area contributed by atoms with Crippen LogP contribution < -0.4 is 5.73 Å². The van der Waals surface area contributed by atoms with E-state index in [1.54, 1.807) is 0 Å². The van der Waals surface area contributed by atoms with Crippen LogP contribution in [0.5, 0.6) is 0 Å². The van der Waals surface area contributed by atoms with E-state index in [-0.39, 0.29) is 29.4 Å². The first-order valence-electron chi connectivity index (χ1n) is 7.30. The van der Waals surface area contributed by atoms with Gasteiger partial charge in [0.2, 0.25) is 0 Å². The fourth-order valence-corrected chi connectivity index (χ4v) is 2.99. The molecule has 0 radical (unpaired) electrons. The third kappa shape index (κ3) is 5.02. The van der Waals surface area contributed by atoms with Crippen molar-refractivity contribution in [2.75, 3.05) is 19.6 Å². The van der Waals surface area contributed by atoms with Gasteiger partial charge in [-0.3, -0.25) is 4.99 Å². The topological polar surface area (TPSA) is 41.6 Å². The molecular formula is C16H25ClIN3. The van der Waals surface area contributed by atoms with Crippen LogP contribution in [0.1, 0.15) is 38.7 Å². The van der Waals surface area contributed by atoms with Gasteiger partial charge in [0.05, 0.1) is 6.54 Å². The molecule has 21 heavy (non-hydrogen) atoms. The predicted molar refractivity (Wildman–Crippen MR) is 102 cm³/mol. The highest BCUT2D eigenvalue weighted by Crippen LogP contribution is 2.29. The highest BCUT2D eigenvalue weighted by molar-refractivity contribution is 14.0. The summed E-state index contributed by atoms with van der Waals surface area (Å²) in [6.07, 6.45) is 3.73. The summed E-state index contributed by atoms with van der Waals surface area (Å²) in [5.41, 5.74) is 7.12. The summed E-state index contributed by atoms with van der Waals surface area (Å²) in [5.74, 6) is 0.671. The first-order chi connectivity index (χ1) is 9.50. The molecule has 1 aromatic carbocycles. The molecule has 0 unspecified atom stereocenters. The Morgan fingerprint density at radius 3 is 2.48 bits per heavy atom. The van der Waals surface area contributed by atoms with Gasteiger partial charge in [-0.2, -0.15) is 0 Å². The van der Waals surface area contributed by atoms with Crippen LogP contribution in [-0.2, 0) is 5.41 Å². The number of likely N-dealkylation sites (tertiary alicyclic amines) is 1. The zero-order valence-electron chi connectivity index (χ0n) is 12.8. The van der Waals surface area contributed by atoms with Gasteiger partial charge in [-0.15, -0.1) is 24.0 Å². The summed E-state index contributed by atoms with van der Waals surface area (Å²) in [6, 6.07) is 7.96. The molecule has 1 aromatic rings. The summed E-state index contributed by atoms with van der Waals surface area (Å²) < 4.78 is 0. The average Bonchev–Trinajstić information content (AvgIpc) is 2.46. The van der Waals surface area contributed by atoms with E-state index in [2.05, 4.69) is 29.8 Å². The van der Waals surface area contributed by atoms with Crippen molar-refractivity contribution in [2.45, 2.75) is 38.5 Å². The van der Waals surface area contributed by atoms with E-state index < -0.39 is 0 Å². The molecule has 2 N–H and O–H groups in total. The number of halogens is 2. The highest BCUT2D eigenvalue weighted by Gasteiger charge is 2.23. The van der Waals surface area contributed by atoms with E-state index in [1.807, 2.05) is 18.2 Å². The van der Waals surface area contributed by atoms with Crippen LogP contribution in [0.3, 0.4) is 0 Å². The fraction of sp³-hybridized carbons (Fsp3) is 0.562. The van der Waals surface area contributed by atoms with Crippen LogP contribution in [0.2, 0.25) is 5.02 Å². The lowest BCUT2D eigenvalue weighted by Gasteiger charge is -2.29. The molecule has 0 spiro atoms. The number of benzene rings is 1. The van der Waals surface area contributed by atoms with Crippen molar-refractivity contribution >= 4 is 41.5 Å². The van der Waals surface area contributed by atoms with Crippen molar-refractivity contribution in [3.8, 4) is 0 Å². The molecule has 0 amide bonds. The smallest absolute Gasteiger partial charge is 0.191 e. The molecule has 0 atom stereocenters. The van der Waals surface area contributed by atoms with Crippen LogP contribution in [0.25, 0.3) is 0 Å². The van der Waals surface area contributed by atoms with Crippen molar-refractivity contribution in [3.63, 3.8) is 0 Å². The zero-order valence-corrected chi connectivity index (χ0v) is 15.9. The summed E-state index contributed by atoms with van der Waals surface area (Å²) >= 11 is 6.28. The molecule has 1 heterocycles. The van der Waals surface area contributed by atoms with E-state index in [0.717, 1.165) is 23.7 Å². The van der Waals surface area contributed by atoms with Gasteiger partial charge < -0.3 is 10.6 Å². The summed E-state index contributed by atoms with van der Waals surface area (Å²) in [4.78, 5) is 6.79. The first kappa shape index (κ1) is 18.6. The molecular weight excluding hydrogens is 397 g/mol. The van der Waals surface area contributed by atoms with Crippen molar-refractivity contribution in [1.29, 1.82) is 0 Å². The van der Waals surface area contributed by atoms with Crippen LogP contribution in [0, 0.1) is 0 Å². The fourth-order valence-electron chi connectivity index (χ4n) is 2.60. The largest absolute Gasteiger partial charge is 0.370 e. The lowest BCUT2D eigenvalue weighted by atomic mass is 9.85. The second-order valence-corrected chi connectivity index (χ2v) is 6.49. The maximum absolute atomic E-state index is 6.28. The van der Waals surface area contributed by atoms with E-state index in [1.165, 1.54) is 19.3 Å². The summed E-state index contributed by atoms with van der Waals surface area (Å²) in [5, 5.41) is 0.796. The predicted octanol–water partition coefficient (Wildman–Crippen LogP) is 4.04. The van der Waals surface area contributed by atoms with E-state index >= 15 is 0 Å². The monoisotopic (exact) mass is 421 g/mol. The minimum absolute atomic E-state index is 0. The Hall–Kier alpha value is -0.490. The van der Waals surface area contributed by atoms with Gasteiger partial charge in [-0.25, -0.2) is 0 Å². The highest BCUT2D eigenvalue weighted by atomic mass is 127. The van der Waals surface area contributed by atoms with E-state index in [4.69, 9.17) is 17.3 Å². The molecule has 1 aliphatic rings. The lowest BCUT2D eigenvalue weighted by molar-refractivity contribution is 0.337. The number of aliphatic imine (C=N–C) groups is 1. The van der Waals surface area contributed by atoms with Crippen molar-refractivity contribution < 1.29 is 0 Å². The van der Waals surface area contributed by atoms with Crippen LogP contribution in [-0.4, -0.2) is 30.5 Å². The Morgan fingerprint density at radius 2 is 1.86 bits per heavy atom. The maximum Gasteiger partial charge on any atom is 0.191 e. The standard InChI is InChI=1S/C16H24ClN3.HI/c1-16(2,13-8-4-5-9-14(13)17)12-19-15(18)20-10-6-3-7-11-20;/h4-5,8-9H,3,6-7,10-12H2,1-2H3,(H2,18,19);1H. The molecule has 0 aromatic heterocycles. The molecule has 1 fully saturated rings. The minimum atomic E-state index is -0.112. The normalized spacial score (nSPS) is 16.5. The molecule has 0 saturated carbocycles. The molecule has 5 heteroatoms. The number of piperidine rings is 1. The van der Waals surface area contributed by atoms with E-state index in [0.29, 0.717) is 12.5 Å². The van der Waals surface area contributed by atoms with E-state index in [9.17, 15) is 0 Å². The number of rotatable bonds is 3. The molecule has 0 bridgehead atoms. The van der Waals surface area contributed by atoms with Crippen molar-refractivity contribution in [1.82, 2.24) is 4.90 Å². The Kier molecular flexibility index (Phi) is 7.27. The number of hydrogen-bond donors (Lipinski definition) is 1. The number of hydrogen-bond acceptors (Lipinski definition) is 1. The number of nitrogens with two attached hydrogens (primary N) is 1. The van der Waals surface area contributed by atoms with Crippen LogP contribution in [0.15, 0.2) is 29.3 Å². The van der Waals surface area contributed by atoms with Gasteiger partial charge in [0.25, 0.3) is 0 Å². The van der Waals surface area contributed by atoms with Gasteiger partial charge in [-0.1, -0.05) is 43.6 Å². The average molecular weight is 422 g/mol. The van der Waals surface area contributed by atoms with Gasteiger partial charge in [0, 0.05) is 23.5 Å². The quantitative estimate of drug-likeness (QED) is 0.455. The summed E-state index contributed by atoms with van der Waals surface area (Å²) in [7, 11) is 0. The van der Waals surface area contributed by atoms with Gasteiger partial charge >= 0.3 is 0 Å². The van der Waals surface area contributed by atoms with Crippen LogP contribution in [0.4, 0.5) is 0 Å². The molecule has 3 nitrogen and oxygen atoms in total. The lowest BCUT2D eigenvalue weighted by Crippen LogP contribution is -2.41. The zero-order chi connectivity index (χ0) is 14.6. The van der Waals surface area contributed by atoms with Crippen molar-refractivity contribution in [2.24, 2.45) is 10.7 Å². The molecule has 2 rings (SSSR count). The Balaban J connectivity index is 0.00000220. The Morgan fingerprint density at radius 1 is 1.24 bits per heavy atom. The Bertz CT molecular complexity index is 482. The second-order valence-electron chi connectivity index (χ2n) is 6.09. The van der Waals surface area contributed by atoms with Gasteiger partial charge in [-0.05, 0) is 30.9 Å². The SMILES string of the molecule is CC(C)(CN=C(N)N1CCCCC1)c1ccccc1Cl.I. The van der Waals surface area contributed by atoms with Gasteiger partial charge in [0.15, 0.2) is 5.96 Å². The third-order valence-electron chi connectivity index (χ3n) is 3.92. The molecule has 1 saturated heterocycles. The molecule has 118 valence electrons. The second kappa shape index (κ2) is 8.22.